The van der Waals surface area contributed by atoms with Crippen molar-refractivity contribution in [3.63, 3.8) is 0 Å². The third-order valence-corrected chi connectivity index (χ3v) is 6.88. The molecular formula is C36H45N3O6. The number of amides is 3. The van der Waals surface area contributed by atoms with E-state index in [1.807, 2.05) is 73.7 Å². The average Bonchev–Trinajstić information content (AvgIpc) is 3.02. The fraction of sp³-hybridized carbons (Fsp3) is 0.389. The van der Waals surface area contributed by atoms with Gasteiger partial charge in [0.05, 0.1) is 6.54 Å². The summed E-state index contributed by atoms with van der Waals surface area (Å²) in [6.07, 6.45) is 0.724. The van der Waals surface area contributed by atoms with Gasteiger partial charge in [0.25, 0.3) is 5.91 Å². The molecule has 3 N–H and O–H groups in total. The molecule has 240 valence electrons. The van der Waals surface area contributed by atoms with Crippen LogP contribution in [0.3, 0.4) is 0 Å². The Hall–Kier alpha value is -4.66. The lowest BCUT2D eigenvalue weighted by atomic mass is 10.0. The smallest absolute Gasteiger partial charge is 0.407 e. The molecule has 0 heterocycles. The van der Waals surface area contributed by atoms with Crippen LogP contribution in [0.25, 0.3) is 0 Å². The van der Waals surface area contributed by atoms with Gasteiger partial charge in [-0.15, -0.1) is 0 Å². The highest BCUT2D eigenvalue weighted by atomic mass is 16.6. The molecule has 0 aliphatic heterocycles. The Labute approximate surface area is 266 Å². The van der Waals surface area contributed by atoms with E-state index in [1.165, 1.54) is 0 Å². The van der Waals surface area contributed by atoms with Crippen molar-refractivity contribution in [2.45, 2.75) is 71.6 Å². The monoisotopic (exact) mass is 615 g/mol. The van der Waals surface area contributed by atoms with Crippen molar-refractivity contribution in [3.05, 3.63) is 102 Å². The summed E-state index contributed by atoms with van der Waals surface area (Å²) in [7, 11) is 0. The van der Waals surface area contributed by atoms with Crippen LogP contribution in [0.2, 0.25) is 0 Å². The molecule has 0 saturated carbocycles. The maximum Gasteiger partial charge on any atom is 0.407 e. The maximum atomic E-state index is 13.1. The molecule has 3 rings (SSSR count). The zero-order valence-electron chi connectivity index (χ0n) is 26.6. The van der Waals surface area contributed by atoms with E-state index in [2.05, 4.69) is 16.0 Å². The molecule has 2 atom stereocenters. The number of carbonyl (C=O) groups is 4. The molecular weight excluding hydrogens is 570 g/mol. The van der Waals surface area contributed by atoms with Crippen LogP contribution in [0.4, 0.5) is 4.79 Å². The zero-order valence-corrected chi connectivity index (χ0v) is 26.6. The summed E-state index contributed by atoms with van der Waals surface area (Å²) in [5, 5.41) is 8.33. The van der Waals surface area contributed by atoms with Crippen LogP contribution in [0.1, 0.15) is 68.4 Å². The minimum Gasteiger partial charge on any atom is -0.483 e. The van der Waals surface area contributed by atoms with Crippen LogP contribution in [0, 0.1) is 5.92 Å². The summed E-state index contributed by atoms with van der Waals surface area (Å²) >= 11 is 0. The number of nitrogens with one attached hydrogen (secondary N) is 3. The lowest BCUT2D eigenvalue weighted by molar-refractivity contribution is -0.129. The second-order valence-corrected chi connectivity index (χ2v) is 12.1. The van der Waals surface area contributed by atoms with Gasteiger partial charge in [0.1, 0.15) is 11.4 Å². The number of hydrogen-bond donors (Lipinski definition) is 3. The quantitative estimate of drug-likeness (QED) is 0.192. The fourth-order valence-electron chi connectivity index (χ4n) is 4.44. The van der Waals surface area contributed by atoms with E-state index in [9.17, 15) is 19.2 Å². The highest BCUT2D eigenvalue weighted by Crippen LogP contribution is 2.16. The number of rotatable bonds is 16. The van der Waals surface area contributed by atoms with Crippen LogP contribution < -0.4 is 20.7 Å². The maximum absolute atomic E-state index is 13.1. The van der Waals surface area contributed by atoms with Gasteiger partial charge in [0.15, 0.2) is 11.9 Å². The van der Waals surface area contributed by atoms with Gasteiger partial charge in [-0.1, -0.05) is 67.6 Å². The molecule has 2 unspecified atom stereocenters. The van der Waals surface area contributed by atoms with E-state index >= 15 is 0 Å². The first-order valence-electron chi connectivity index (χ1n) is 15.4. The summed E-state index contributed by atoms with van der Waals surface area (Å²) in [6, 6.07) is 26.1. The molecule has 0 aliphatic carbocycles. The molecule has 0 spiro atoms. The third kappa shape index (κ3) is 13.7. The Bertz CT molecular complexity index is 1390. The van der Waals surface area contributed by atoms with Gasteiger partial charge in [-0.25, -0.2) is 4.79 Å². The molecule has 3 aromatic carbocycles. The molecule has 3 amide bonds. The SMILES string of the molecule is CC(CCC(=O)NCC(=O)C(CCc1ccccc1)Oc1ccccc1)CNC(=O)c1cccc(CNC(=O)OC(C)(C)C)c1. The van der Waals surface area contributed by atoms with Gasteiger partial charge in [0.2, 0.25) is 5.91 Å². The largest absolute Gasteiger partial charge is 0.483 e. The number of hydrogen-bond acceptors (Lipinski definition) is 6. The molecule has 0 saturated heterocycles. The fourth-order valence-corrected chi connectivity index (χ4v) is 4.44. The van der Waals surface area contributed by atoms with E-state index < -0.39 is 17.8 Å². The number of para-hydroxylation sites is 1. The van der Waals surface area contributed by atoms with E-state index in [0.717, 1.165) is 11.1 Å². The first-order chi connectivity index (χ1) is 21.5. The summed E-state index contributed by atoms with van der Waals surface area (Å²) in [6.45, 7) is 7.83. The number of alkyl carbamates (subject to hydrolysis) is 1. The first kappa shape index (κ1) is 34.8. The zero-order chi connectivity index (χ0) is 32.7. The number of ketones is 1. The summed E-state index contributed by atoms with van der Waals surface area (Å²) in [5.74, 6) is -0.0149. The van der Waals surface area contributed by atoms with Crippen LogP contribution >= 0.6 is 0 Å². The molecule has 0 bridgehead atoms. The standard InChI is InChI=1S/C36H45N3O6/c1-26(23-38-34(42)29-15-11-14-28(22-29)24-39-35(43)45-36(2,3)4)18-21-33(41)37-25-31(40)32(44-30-16-9-6-10-17-30)20-19-27-12-7-5-8-13-27/h5-17,22,26,32H,18-21,23-25H2,1-4H3,(H,37,41)(H,38,42)(H,39,43). The van der Waals surface area contributed by atoms with Crippen LogP contribution in [0.5, 0.6) is 5.75 Å². The average molecular weight is 616 g/mol. The highest BCUT2D eigenvalue weighted by Gasteiger charge is 2.21. The number of aryl methyl sites for hydroxylation is 1. The van der Waals surface area contributed by atoms with Gasteiger partial charge in [-0.05, 0) is 81.3 Å². The number of carbonyl (C=O) groups excluding carboxylic acids is 4. The molecule has 45 heavy (non-hydrogen) atoms. The van der Waals surface area contributed by atoms with Crippen LogP contribution in [-0.4, -0.2) is 48.5 Å². The predicted molar refractivity (Wildman–Crippen MR) is 174 cm³/mol. The van der Waals surface area contributed by atoms with Crippen molar-refractivity contribution in [1.82, 2.24) is 16.0 Å². The van der Waals surface area contributed by atoms with Crippen molar-refractivity contribution in [1.29, 1.82) is 0 Å². The lowest BCUT2D eigenvalue weighted by Crippen LogP contribution is -2.38. The third-order valence-electron chi connectivity index (χ3n) is 6.88. The number of Topliss-reactive ketones (excluding diaryl/α,β-unsaturated/α-hetero) is 1. The van der Waals surface area contributed by atoms with Crippen molar-refractivity contribution < 1.29 is 28.7 Å². The summed E-state index contributed by atoms with van der Waals surface area (Å²) in [4.78, 5) is 50.3. The van der Waals surface area contributed by atoms with Crippen molar-refractivity contribution in [2.75, 3.05) is 13.1 Å². The van der Waals surface area contributed by atoms with Crippen molar-refractivity contribution in [2.24, 2.45) is 5.92 Å². The highest BCUT2D eigenvalue weighted by molar-refractivity contribution is 5.94. The molecule has 9 heteroatoms. The normalized spacial score (nSPS) is 12.4. The summed E-state index contributed by atoms with van der Waals surface area (Å²) < 4.78 is 11.2. The van der Waals surface area contributed by atoms with E-state index in [1.54, 1.807) is 39.0 Å². The Morgan fingerprint density at radius 3 is 2.13 bits per heavy atom. The van der Waals surface area contributed by atoms with E-state index in [0.29, 0.717) is 37.1 Å². The van der Waals surface area contributed by atoms with Gasteiger partial charge in [0, 0.05) is 25.1 Å². The predicted octanol–water partition coefficient (Wildman–Crippen LogP) is 5.62. The molecule has 0 aliphatic rings. The van der Waals surface area contributed by atoms with Gasteiger partial charge < -0.3 is 25.4 Å². The van der Waals surface area contributed by atoms with Gasteiger partial charge >= 0.3 is 6.09 Å². The minimum absolute atomic E-state index is 0.0347. The first-order valence-corrected chi connectivity index (χ1v) is 15.4. The van der Waals surface area contributed by atoms with Crippen molar-refractivity contribution >= 4 is 23.7 Å². The second kappa shape index (κ2) is 17.6. The van der Waals surface area contributed by atoms with Gasteiger partial charge in [-0.2, -0.15) is 0 Å². The Morgan fingerprint density at radius 1 is 0.778 bits per heavy atom. The second-order valence-electron chi connectivity index (χ2n) is 12.1. The topological polar surface area (TPSA) is 123 Å². The Kier molecular flexibility index (Phi) is 13.6. The molecule has 0 fully saturated rings. The molecule has 9 nitrogen and oxygen atoms in total. The Balaban J connectivity index is 1.40. The lowest BCUT2D eigenvalue weighted by Gasteiger charge is -2.19. The van der Waals surface area contributed by atoms with E-state index in [-0.39, 0.29) is 43.0 Å². The van der Waals surface area contributed by atoms with E-state index in [4.69, 9.17) is 9.47 Å². The number of benzene rings is 3. The Morgan fingerprint density at radius 2 is 1.44 bits per heavy atom. The molecule has 0 radical (unpaired) electrons. The molecule has 0 aromatic heterocycles. The minimum atomic E-state index is -0.686. The van der Waals surface area contributed by atoms with Crippen molar-refractivity contribution in [3.8, 4) is 5.75 Å². The molecule has 3 aromatic rings. The van der Waals surface area contributed by atoms with Crippen LogP contribution in [0.15, 0.2) is 84.9 Å². The number of ether oxygens (including phenoxy) is 2. The van der Waals surface area contributed by atoms with Gasteiger partial charge in [-0.3, -0.25) is 14.4 Å². The van der Waals surface area contributed by atoms with Crippen LogP contribution in [-0.2, 0) is 27.3 Å². The summed E-state index contributed by atoms with van der Waals surface area (Å²) in [5.41, 5.74) is 1.76.